The predicted molar refractivity (Wildman–Crippen MR) is 149 cm³/mol. The molecule has 0 heterocycles. The Morgan fingerprint density at radius 1 is 1.11 bits per heavy atom. The quantitative estimate of drug-likeness (QED) is 0.226. The third-order valence-electron chi connectivity index (χ3n) is 8.12. The van der Waals surface area contributed by atoms with Gasteiger partial charge in [-0.25, -0.2) is 4.79 Å². The Bertz CT molecular complexity index is 1190. The van der Waals surface area contributed by atoms with Crippen LogP contribution in [-0.4, -0.2) is 54.0 Å². The number of carbonyl (C=O) groups is 3. The summed E-state index contributed by atoms with van der Waals surface area (Å²) in [6, 6.07) is 4.12. The molecule has 204 valence electrons. The number of hydrogen-bond acceptors (Lipinski definition) is 5. The van der Waals surface area contributed by atoms with Crippen molar-refractivity contribution < 1.29 is 24.2 Å². The number of carbonyl (C=O) groups excluding carboxylic acids is 3. The van der Waals surface area contributed by atoms with Crippen molar-refractivity contribution in [2.75, 3.05) is 20.2 Å². The zero-order valence-corrected chi connectivity index (χ0v) is 23.3. The molecule has 0 aromatic heterocycles. The summed E-state index contributed by atoms with van der Waals surface area (Å²) in [4.78, 5) is 39.7. The maximum absolute atomic E-state index is 13.4. The molecule has 4 rings (SSSR count). The first-order valence-electron chi connectivity index (χ1n) is 14.0. The summed E-state index contributed by atoms with van der Waals surface area (Å²) in [7, 11) is 1.39. The zero-order chi connectivity index (χ0) is 27.4. The summed E-state index contributed by atoms with van der Waals surface area (Å²) >= 11 is 0. The van der Waals surface area contributed by atoms with Crippen LogP contribution in [-0.2, 0) is 14.3 Å². The number of hydrogen-bond donors (Lipinski definition) is 1. The van der Waals surface area contributed by atoms with Gasteiger partial charge in [-0.3, -0.25) is 9.59 Å². The normalized spacial score (nSPS) is 20.4. The van der Waals surface area contributed by atoms with E-state index in [9.17, 15) is 19.5 Å². The number of nitrogens with zero attached hydrogens (tertiary/aromatic N) is 1. The average Bonchev–Trinajstić information content (AvgIpc) is 3.83. The molecule has 3 aliphatic carbocycles. The molecule has 1 amide bonds. The van der Waals surface area contributed by atoms with Crippen LogP contribution >= 0.6 is 0 Å². The number of rotatable bonds is 11. The summed E-state index contributed by atoms with van der Waals surface area (Å²) in [6.07, 6.45) is 10.3. The number of ether oxygens (including phenoxy) is 1. The van der Waals surface area contributed by atoms with Gasteiger partial charge in [-0.2, -0.15) is 0 Å². The number of amides is 1. The molecule has 6 heteroatoms. The highest BCUT2D eigenvalue weighted by Gasteiger charge is 2.30. The number of benzene rings is 1. The van der Waals surface area contributed by atoms with Crippen molar-refractivity contribution in [3.63, 3.8) is 0 Å². The molecule has 0 aliphatic heterocycles. The molecule has 0 radical (unpaired) electrons. The Morgan fingerprint density at radius 2 is 1.79 bits per heavy atom. The zero-order valence-electron chi connectivity index (χ0n) is 23.3. The molecule has 1 aromatic carbocycles. The highest BCUT2D eigenvalue weighted by Crippen LogP contribution is 2.46. The number of allylic oxidation sites excluding steroid dienone is 2. The van der Waals surface area contributed by atoms with Crippen molar-refractivity contribution in [3.05, 3.63) is 51.3 Å². The molecule has 0 atom stereocenters. The van der Waals surface area contributed by atoms with E-state index in [0.29, 0.717) is 29.5 Å². The SMILES string of the molecule is COC(=O)c1cc(C2CC2)cc(C2=C(C)C2)c1C=C=C(C)C(=O)N(CCCC1CCC(O)CC1)CC(C)=O. The van der Waals surface area contributed by atoms with E-state index in [1.165, 1.54) is 30.7 Å². The maximum Gasteiger partial charge on any atom is 0.338 e. The van der Waals surface area contributed by atoms with Gasteiger partial charge in [-0.1, -0.05) is 11.6 Å². The van der Waals surface area contributed by atoms with E-state index in [4.69, 9.17) is 4.74 Å². The van der Waals surface area contributed by atoms with Gasteiger partial charge in [0.05, 0.1) is 30.9 Å². The Morgan fingerprint density at radius 3 is 2.37 bits per heavy atom. The topological polar surface area (TPSA) is 83.9 Å². The van der Waals surface area contributed by atoms with Crippen LogP contribution < -0.4 is 0 Å². The molecular weight excluding hydrogens is 478 g/mol. The number of aliphatic hydroxyl groups excluding tert-OH is 1. The molecule has 2 fully saturated rings. The van der Waals surface area contributed by atoms with Crippen LogP contribution in [0.5, 0.6) is 0 Å². The molecule has 2 saturated carbocycles. The average molecular weight is 520 g/mol. The number of aliphatic hydroxyl groups is 1. The number of esters is 1. The van der Waals surface area contributed by atoms with E-state index in [2.05, 4.69) is 18.7 Å². The molecule has 0 spiro atoms. The molecular formula is C32H41NO5. The van der Waals surface area contributed by atoms with E-state index in [1.807, 2.05) is 6.07 Å². The van der Waals surface area contributed by atoms with E-state index in [0.717, 1.165) is 68.9 Å². The van der Waals surface area contributed by atoms with Crippen LogP contribution in [0.1, 0.15) is 112 Å². The third-order valence-corrected chi connectivity index (χ3v) is 8.12. The second-order valence-corrected chi connectivity index (χ2v) is 11.4. The monoisotopic (exact) mass is 519 g/mol. The van der Waals surface area contributed by atoms with Crippen molar-refractivity contribution >= 4 is 29.3 Å². The lowest BCUT2D eigenvalue weighted by Gasteiger charge is -2.27. The number of ketones is 1. The lowest BCUT2D eigenvalue weighted by atomic mass is 9.84. The van der Waals surface area contributed by atoms with Crippen LogP contribution in [0.25, 0.3) is 11.6 Å². The van der Waals surface area contributed by atoms with Gasteiger partial charge in [-0.05, 0) is 119 Å². The molecule has 6 nitrogen and oxygen atoms in total. The Kier molecular flexibility index (Phi) is 9.07. The summed E-state index contributed by atoms with van der Waals surface area (Å²) in [5, 5.41) is 9.74. The molecule has 38 heavy (non-hydrogen) atoms. The van der Waals surface area contributed by atoms with Crippen molar-refractivity contribution in [2.24, 2.45) is 5.92 Å². The molecule has 0 saturated heterocycles. The fourth-order valence-electron chi connectivity index (χ4n) is 5.56. The van der Waals surface area contributed by atoms with Gasteiger partial charge in [0, 0.05) is 12.1 Å². The van der Waals surface area contributed by atoms with Gasteiger partial charge in [0.1, 0.15) is 5.78 Å². The Hall–Kier alpha value is -2.95. The van der Waals surface area contributed by atoms with Crippen molar-refractivity contribution in [1.82, 2.24) is 4.90 Å². The minimum atomic E-state index is -0.391. The highest BCUT2D eigenvalue weighted by molar-refractivity contribution is 6.00. The second kappa shape index (κ2) is 12.3. The van der Waals surface area contributed by atoms with E-state index in [1.54, 1.807) is 17.9 Å². The number of methoxy groups -OCH3 is 1. The minimum absolute atomic E-state index is 0.0574. The molecule has 1 aromatic rings. The smallest absolute Gasteiger partial charge is 0.338 e. The van der Waals surface area contributed by atoms with Crippen molar-refractivity contribution in [2.45, 2.75) is 90.6 Å². The predicted octanol–water partition coefficient (Wildman–Crippen LogP) is 5.84. The summed E-state index contributed by atoms with van der Waals surface area (Å²) in [5.41, 5.74) is 9.53. The van der Waals surface area contributed by atoms with E-state index >= 15 is 0 Å². The van der Waals surface area contributed by atoms with Crippen molar-refractivity contribution in [3.8, 4) is 0 Å². The van der Waals surface area contributed by atoms with Gasteiger partial charge in [-0.15, -0.1) is 5.73 Å². The van der Waals surface area contributed by atoms with Crippen LogP contribution in [0.15, 0.2) is 29.0 Å². The maximum atomic E-state index is 13.4. The highest BCUT2D eigenvalue weighted by atomic mass is 16.5. The van der Waals surface area contributed by atoms with Crippen LogP contribution in [0.2, 0.25) is 0 Å². The molecule has 1 N–H and O–H groups in total. The Balaban J connectivity index is 1.56. The molecule has 0 unspecified atom stereocenters. The summed E-state index contributed by atoms with van der Waals surface area (Å²) < 4.78 is 5.11. The minimum Gasteiger partial charge on any atom is -0.465 e. The third kappa shape index (κ3) is 7.12. The molecule has 0 bridgehead atoms. The van der Waals surface area contributed by atoms with Gasteiger partial charge in [0.2, 0.25) is 0 Å². The molecule has 3 aliphatic rings. The van der Waals surface area contributed by atoms with E-state index < -0.39 is 5.97 Å². The van der Waals surface area contributed by atoms with Crippen LogP contribution in [0.4, 0.5) is 0 Å². The lowest BCUT2D eigenvalue weighted by molar-refractivity contribution is -0.131. The van der Waals surface area contributed by atoms with Gasteiger partial charge < -0.3 is 14.7 Å². The first kappa shape index (κ1) is 28.1. The van der Waals surface area contributed by atoms with Gasteiger partial charge >= 0.3 is 5.97 Å². The summed E-state index contributed by atoms with van der Waals surface area (Å²) in [6.45, 7) is 5.90. The largest absolute Gasteiger partial charge is 0.465 e. The summed E-state index contributed by atoms with van der Waals surface area (Å²) in [5.74, 6) is 0.398. The standard InChI is InChI=1S/C32H41NO5/c1-20(31(36)33(19-22(3)34)15-5-6-23-8-12-26(35)13-9-23)7-14-27-29(28-16-21(28)2)17-25(24-10-11-24)18-30(27)32(37)38-4/h14,17-18,23-24,26,35H,5-6,8-13,15-16,19H2,1-4H3. The second-order valence-electron chi connectivity index (χ2n) is 11.4. The fourth-order valence-corrected chi connectivity index (χ4v) is 5.56. The first-order chi connectivity index (χ1) is 18.2. The van der Waals surface area contributed by atoms with E-state index in [-0.39, 0.29) is 24.3 Å². The van der Waals surface area contributed by atoms with Crippen LogP contribution in [0, 0.1) is 5.92 Å². The lowest BCUT2D eigenvalue weighted by Crippen LogP contribution is -2.36. The van der Waals surface area contributed by atoms with Gasteiger partial charge in [0.25, 0.3) is 5.91 Å². The van der Waals surface area contributed by atoms with Crippen LogP contribution in [0.3, 0.4) is 0 Å². The van der Waals surface area contributed by atoms with Gasteiger partial charge in [0.15, 0.2) is 0 Å². The number of Topliss-reactive ketones (excluding diaryl/α,β-unsaturated/α-hetero) is 1. The first-order valence-corrected chi connectivity index (χ1v) is 14.0. The Labute approximate surface area is 226 Å². The fraction of sp³-hybridized carbons (Fsp3) is 0.562. The van der Waals surface area contributed by atoms with Crippen molar-refractivity contribution in [1.29, 1.82) is 0 Å².